The van der Waals surface area contributed by atoms with Gasteiger partial charge in [0.2, 0.25) is 0 Å². The second-order valence-corrected chi connectivity index (χ2v) is 10.4. The Morgan fingerprint density at radius 3 is 1.85 bits per heavy atom. The van der Waals surface area contributed by atoms with Crippen LogP contribution in [0.3, 0.4) is 0 Å². The van der Waals surface area contributed by atoms with E-state index in [-0.39, 0.29) is 24.3 Å². The fourth-order valence-electron chi connectivity index (χ4n) is 5.76. The summed E-state index contributed by atoms with van der Waals surface area (Å²) in [5.41, 5.74) is 2.52. The van der Waals surface area contributed by atoms with Crippen molar-refractivity contribution in [2.24, 2.45) is 0 Å². The average Bonchev–Trinajstić information content (AvgIpc) is 3.48. The van der Waals surface area contributed by atoms with Crippen LogP contribution in [0.25, 0.3) is 21.9 Å². The number of aliphatic hydroxyl groups excluding tert-OH is 1. The third-order valence-corrected chi connectivity index (χ3v) is 7.96. The summed E-state index contributed by atoms with van der Waals surface area (Å²) in [4.78, 5) is 11.6. The highest BCUT2D eigenvalue weighted by Gasteiger charge is 2.38. The number of ether oxygens (including phenoxy) is 3. The number of benzene rings is 5. The van der Waals surface area contributed by atoms with E-state index in [0.29, 0.717) is 28.1 Å². The van der Waals surface area contributed by atoms with Crippen molar-refractivity contribution >= 4 is 27.6 Å². The Labute approximate surface area is 267 Å². The molecule has 1 aromatic heterocycles. The maximum Gasteiger partial charge on any atom is 0.278 e. The second kappa shape index (κ2) is 14.3. The van der Waals surface area contributed by atoms with Crippen molar-refractivity contribution in [3.63, 3.8) is 0 Å². The Kier molecular flexibility index (Phi) is 10.0. The highest BCUT2D eigenvalue weighted by atomic mass is 16.6. The monoisotopic (exact) mass is 619 g/mol. The van der Waals surface area contributed by atoms with Gasteiger partial charge in [0, 0.05) is 17.2 Å². The largest absolute Gasteiger partial charge is 0.497 e. The maximum absolute atomic E-state index is 12.1. The molecule has 1 atom stereocenters. The molecule has 0 aliphatic carbocycles. The van der Waals surface area contributed by atoms with Crippen LogP contribution in [-0.2, 0) is 10.3 Å². The van der Waals surface area contributed by atoms with Crippen molar-refractivity contribution in [2.75, 3.05) is 20.8 Å². The number of rotatable bonds is 11. The summed E-state index contributed by atoms with van der Waals surface area (Å²) in [5, 5.41) is 25.0. The van der Waals surface area contributed by atoms with Crippen molar-refractivity contribution in [1.82, 2.24) is 0 Å². The lowest BCUT2D eigenvalue weighted by Gasteiger charge is -2.36. The third kappa shape index (κ3) is 6.18. The van der Waals surface area contributed by atoms with Gasteiger partial charge in [-0.1, -0.05) is 86.6 Å². The van der Waals surface area contributed by atoms with Crippen LogP contribution in [0.4, 0.5) is 5.69 Å². The van der Waals surface area contributed by atoms with Gasteiger partial charge >= 0.3 is 0 Å². The average molecular weight is 620 g/mol. The summed E-state index contributed by atoms with van der Waals surface area (Å²) in [5.74, 6) is 1.41. The molecule has 6 rings (SSSR count). The number of fused-ring (bicyclic) bond motifs is 3. The zero-order valence-corrected chi connectivity index (χ0v) is 26.3. The van der Waals surface area contributed by atoms with Crippen molar-refractivity contribution in [3.8, 4) is 11.5 Å². The number of nitro groups is 1. The summed E-state index contributed by atoms with van der Waals surface area (Å²) in [6.07, 6.45) is -1.07. The highest BCUT2D eigenvalue weighted by molar-refractivity contribution is 6.05. The standard InChI is InChI=1S/C36H31NO7.C2H6/c1-41-27-16-12-25(13-17-27)36(24-8-4-3-5-9-24,26-14-18-28(42-2)19-15-26)43-21-20-33(38)31-22-30-29-10-6-7-11-34(29)44-35(30)23-32(31)37(39)40;1-2/h3-19,22-23,33,38H,20-21H2,1-2H3;1-2H3. The van der Waals surface area contributed by atoms with Gasteiger partial charge in [-0.05, 0) is 53.1 Å². The third-order valence-electron chi connectivity index (χ3n) is 7.96. The van der Waals surface area contributed by atoms with Gasteiger partial charge in [-0.15, -0.1) is 0 Å². The number of para-hydroxylation sites is 1. The van der Waals surface area contributed by atoms with Gasteiger partial charge in [0.15, 0.2) is 0 Å². The van der Waals surface area contributed by atoms with Crippen LogP contribution in [0.15, 0.2) is 120 Å². The van der Waals surface area contributed by atoms with E-state index in [0.717, 1.165) is 22.1 Å². The molecule has 8 heteroatoms. The first-order valence-corrected chi connectivity index (χ1v) is 15.2. The summed E-state index contributed by atoms with van der Waals surface area (Å²) in [6, 6.07) is 35.6. The molecule has 1 heterocycles. The van der Waals surface area contributed by atoms with Crippen molar-refractivity contribution in [3.05, 3.63) is 148 Å². The molecule has 0 spiro atoms. The topological polar surface area (TPSA) is 104 Å². The van der Waals surface area contributed by atoms with Crippen LogP contribution in [0, 0.1) is 10.1 Å². The van der Waals surface area contributed by atoms with E-state index >= 15 is 0 Å². The Hall–Kier alpha value is -5.18. The molecule has 0 fully saturated rings. The predicted molar refractivity (Wildman–Crippen MR) is 180 cm³/mol. The molecule has 1 unspecified atom stereocenters. The van der Waals surface area contributed by atoms with E-state index in [1.165, 1.54) is 6.07 Å². The number of furan rings is 1. The number of methoxy groups -OCH3 is 2. The quantitative estimate of drug-likeness (QED) is 0.0877. The van der Waals surface area contributed by atoms with E-state index in [9.17, 15) is 15.2 Å². The van der Waals surface area contributed by atoms with Gasteiger partial charge in [-0.25, -0.2) is 0 Å². The molecule has 0 aliphatic heterocycles. The SMILES string of the molecule is CC.COc1ccc(C(OCCC(O)c2cc3c(cc2[N+](=O)[O-])oc2ccccc23)(c2ccccc2)c2ccc(OC)cc2)cc1. The van der Waals surface area contributed by atoms with Crippen LogP contribution in [0.5, 0.6) is 11.5 Å². The molecule has 46 heavy (non-hydrogen) atoms. The van der Waals surface area contributed by atoms with Crippen molar-refractivity contribution in [1.29, 1.82) is 0 Å². The molecule has 6 aromatic rings. The molecule has 236 valence electrons. The molecule has 0 bridgehead atoms. The van der Waals surface area contributed by atoms with Gasteiger partial charge in [-0.2, -0.15) is 0 Å². The molecular formula is C38H37NO7. The summed E-state index contributed by atoms with van der Waals surface area (Å²) in [6.45, 7) is 4.08. The van der Waals surface area contributed by atoms with Gasteiger partial charge in [-0.3, -0.25) is 10.1 Å². The molecule has 0 saturated carbocycles. The van der Waals surface area contributed by atoms with E-state index in [4.69, 9.17) is 18.6 Å². The normalized spacial score (nSPS) is 11.9. The molecule has 0 aliphatic rings. The van der Waals surface area contributed by atoms with Crippen molar-refractivity contribution in [2.45, 2.75) is 32.0 Å². The minimum Gasteiger partial charge on any atom is -0.497 e. The Morgan fingerprint density at radius 1 is 0.739 bits per heavy atom. The smallest absolute Gasteiger partial charge is 0.278 e. The van der Waals surface area contributed by atoms with E-state index in [2.05, 4.69) is 0 Å². The zero-order valence-electron chi connectivity index (χ0n) is 26.3. The highest BCUT2D eigenvalue weighted by Crippen LogP contribution is 2.43. The van der Waals surface area contributed by atoms with E-state index in [1.807, 2.05) is 117 Å². The van der Waals surface area contributed by atoms with Crippen LogP contribution < -0.4 is 9.47 Å². The maximum atomic E-state index is 12.1. The van der Waals surface area contributed by atoms with Crippen molar-refractivity contribution < 1.29 is 28.7 Å². The predicted octanol–water partition coefficient (Wildman–Crippen LogP) is 8.97. The van der Waals surface area contributed by atoms with E-state index < -0.39 is 16.6 Å². The molecule has 1 N–H and O–H groups in total. The number of hydrogen-bond donors (Lipinski definition) is 1. The first kappa shape index (κ1) is 32.2. The number of aliphatic hydroxyl groups is 1. The van der Waals surface area contributed by atoms with Gasteiger partial charge in [0.1, 0.15) is 28.3 Å². The molecule has 0 amide bonds. The lowest BCUT2D eigenvalue weighted by molar-refractivity contribution is -0.386. The Bertz CT molecular complexity index is 1850. The zero-order chi connectivity index (χ0) is 32.7. The second-order valence-electron chi connectivity index (χ2n) is 10.4. The van der Waals surface area contributed by atoms with Crippen LogP contribution >= 0.6 is 0 Å². The fraction of sp³-hybridized carbons (Fsp3) is 0.211. The molecule has 0 radical (unpaired) electrons. The molecular weight excluding hydrogens is 582 g/mol. The lowest BCUT2D eigenvalue weighted by atomic mass is 9.80. The first-order chi connectivity index (χ1) is 22.4. The molecule has 8 nitrogen and oxygen atoms in total. The molecule has 0 saturated heterocycles. The number of nitrogens with zero attached hydrogens (tertiary/aromatic N) is 1. The van der Waals surface area contributed by atoms with E-state index in [1.54, 1.807) is 20.3 Å². The van der Waals surface area contributed by atoms with Gasteiger partial charge in [0.05, 0.1) is 43.5 Å². The summed E-state index contributed by atoms with van der Waals surface area (Å²) >= 11 is 0. The minimum atomic E-state index is -1.17. The van der Waals surface area contributed by atoms with Gasteiger partial charge < -0.3 is 23.7 Å². The fourth-order valence-corrected chi connectivity index (χ4v) is 5.76. The van der Waals surface area contributed by atoms with Crippen LogP contribution in [-0.4, -0.2) is 30.9 Å². The molecule has 5 aromatic carbocycles. The summed E-state index contributed by atoms with van der Waals surface area (Å²) in [7, 11) is 3.23. The first-order valence-electron chi connectivity index (χ1n) is 15.2. The summed E-state index contributed by atoms with van der Waals surface area (Å²) < 4.78 is 23.5. The Balaban J connectivity index is 0.00000204. The lowest BCUT2D eigenvalue weighted by Crippen LogP contribution is -2.33. The minimum absolute atomic E-state index is 0.0788. The number of hydrogen-bond acceptors (Lipinski definition) is 7. The van der Waals surface area contributed by atoms with Crippen LogP contribution in [0.2, 0.25) is 0 Å². The van der Waals surface area contributed by atoms with Gasteiger partial charge in [0.25, 0.3) is 5.69 Å². The Morgan fingerprint density at radius 2 is 1.28 bits per heavy atom. The van der Waals surface area contributed by atoms with Crippen LogP contribution in [0.1, 0.15) is 48.6 Å². The number of nitro benzene ring substituents is 1.